The minimum absolute atomic E-state index is 0.158. The third-order valence-electron chi connectivity index (χ3n) is 5.91. The highest BCUT2D eigenvalue weighted by molar-refractivity contribution is 7.89. The molecule has 1 aromatic carbocycles. The van der Waals surface area contributed by atoms with Crippen LogP contribution in [0.2, 0.25) is 0 Å². The normalized spacial score (nSPS) is 19.2. The number of carbonyl (C=O) groups excluding carboxylic acids is 2. The lowest BCUT2D eigenvalue weighted by Gasteiger charge is -2.33. The Morgan fingerprint density at radius 2 is 1.74 bits per heavy atom. The highest BCUT2D eigenvalue weighted by Crippen LogP contribution is 2.23. The van der Waals surface area contributed by atoms with Gasteiger partial charge in [-0.05, 0) is 44.5 Å². The number of piperazine rings is 1. The van der Waals surface area contributed by atoms with E-state index in [1.54, 1.807) is 30.0 Å². The van der Waals surface area contributed by atoms with Gasteiger partial charge in [-0.2, -0.15) is 4.31 Å². The van der Waals surface area contributed by atoms with E-state index in [1.807, 2.05) is 0 Å². The van der Waals surface area contributed by atoms with Crippen molar-refractivity contribution in [3.63, 3.8) is 0 Å². The van der Waals surface area contributed by atoms with Gasteiger partial charge in [0.15, 0.2) is 0 Å². The van der Waals surface area contributed by atoms with Crippen LogP contribution in [-0.4, -0.2) is 86.9 Å². The van der Waals surface area contributed by atoms with Gasteiger partial charge in [0.1, 0.15) is 0 Å². The van der Waals surface area contributed by atoms with E-state index in [-0.39, 0.29) is 22.8 Å². The van der Waals surface area contributed by atoms with Crippen molar-refractivity contribution < 1.29 is 22.7 Å². The fourth-order valence-corrected chi connectivity index (χ4v) is 5.42. The lowest BCUT2D eigenvalue weighted by atomic mass is 9.96. The van der Waals surface area contributed by atoms with Gasteiger partial charge < -0.3 is 19.9 Å². The summed E-state index contributed by atoms with van der Waals surface area (Å²) in [4.78, 5) is 28.5. The third-order valence-corrected chi connectivity index (χ3v) is 7.80. The SMILES string of the molecule is CCOC(=O)N1CCC(C(=O)Nc2cccc(S(=O)(=O)N3CCN(CC)CC3)c2)CC1. The smallest absolute Gasteiger partial charge is 0.409 e. The molecule has 0 aromatic heterocycles. The third kappa shape index (κ3) is 5.75. The van der Waals surface area contributed by atoms with E-state index >= 15 is 0 Å². The number of carbonyl (C=O) groups is 2. The Labute approximate surface area is 184 Å². The number of ether oxygens (including phenoxy) is 1. The Morgan fingerprint density at radius 1 is 1.06 bits per heavy atom. The number of piperidine rings is 1. The zero-order valence-electron chi connectivity index (χ0n) is 18.2. The number of amides is 2. The van der Waals surface area contributed by atoms with Crippen molar-refractivity contribution >= 4 is 27.7 Å². The van der Waals surface area contributed by atoms with Gasteiger partial charge in [0.2, 0.25) is 15.9 Å². The molecular formula is C21H32N4O5S. The van der Waals surface area contributed by atoms with E-state index in [1.165, 1.54) is 10.4 Å². The molecule has 3 rings (SSSR count). The van der Waals surface area contributed by atoms with Gasteiger partial charge in [-0.15, -0.1) is 0 Å². The molecule has 9 nitrogen and oxygen atoms in total. The van der Waals surface area contributed by atoms with E-state index in [0.717, 1.165) is 19.6 Å². The van der Waals surface area contributed by atoms with Crippen LogP contribution < -0.4 is 5.32 Å². The van der Waals surface area contributed by atoms with Crippen molar-refractivity contribution in [2.75, 3.05) is 57.7 Å². The Hall–Kier alpha value is -2.17. The molecule has 31 heavy (non-hydrogen) atoms. The molecule has 0 bridgehead atoms. The number of nitrogens with one attached hydrogen (secondary N) is 1. The number of sulfonamides is 1. The summed E-state index contributed by atoms with van der Waals surface area (Å²) in [7, 11) is -3.60. The quantitative estimate of drug-likeness (QED) is 0.707. The van der Waals surface area contributed by atoms with Crippen LogP contribution in [-0.2, 0) is 19.6 Å². The monoisotopic (exact) mass is 452 g/mol. The van der Waals surface area contributed by atoms with Gasteiger partial charge >= 0.3 is 6.09 Å². The Balaban J connectivity index is 1.59. The number of rotatable bonds is 6. The zero-order valence-corrected chi connectivity index (χ0v) is 19.1. The van der Waals surface area contributed by atoms with E-state index in [0.29, 0.717) is 51.3 Å². The Bertz CT molecular complexity index is 876. The van der Waals surface area contributed by atoms with Crippen molar-refractivity contribution in [3.8, 4) is 0 Å². The summed E-state index contributed by atoms with van der Waals surface area (Å²) in [6, 6.07) is 6.43. The fourth-order valence-electron chi connectivity index (χ4n) is 3.95. The summed E-state index contributed by atoms with van der Waals surface area (Å²) in [6.45, 7) is 8.37. The number of likely N-dealkylation sites (tertiary alicyclic amines) is 1. The second kappa shape index (κ2) is 10.4. The first-order valence-corrected chi connectivity index (χ1v) is 12.3. The summed E-state index contributed by atoms with van der Waals surface area (Å²) in [5.74, 6) is -0.386. The molecule has 2 aliphatic heterocycles. The number of benzene rings is 1. The largest absolute Gasteiger partial charge is 0.450 e. The number of anilines is 1. The van der Waals surface area contributed by atoms with Crippen molar-refractivity contribution in [1.82, 2.24) is 14.1 Å². The van der Waals surface area contributed by atoms with Gasteiger partial charge in [-0.25, -0.2) is 13.2 Å². The van der Waals surface area contributed by atoms with Crippen molar-refractivity contribution in [1.29, 1.82) is 0 Å². The molecule has 0 aliphatic carbocycles. The summed E-state index contributed by atoms with van der Waals surface area (Å²) < 4.78 is 32.5. The molecule has 2 heterocycles. The minimum Gasteiger partial charge on any atom is -0.450 e. The van der Waals surface area contributed by atoms with Crippen molar-refractivity contribution in [2.45, 2.75) is 31.6 Å². The number of likely N-dealkylation sites (N-methyl/N-ethyl adjacent to an activating group) is 1. The van der Waals surface area contributed by atoms with Crippen LogP contribution in [0.3, 0.4) is 0 Å². The standard InChI is InChI=1S/C21H32N4O5S/c1-3-23-12-14-25(15-13-23)31(28,29)19-7-5-6-18(16-19)22-20(26)17-8-10-24(11-9-17)21(27)30-4-2/h5-7,16-17H,3-4,8-15H2,1-2H3,(H,22,26). The zero-order chi connectivity index (χ0) is 22.4. The molecule has 2 aliphatic rings. The van der Waals surface area contributed by atoms with Crippen LogP contribution in [0.15, 0.2) is 29.2 Å². The van der Waals surface area contributed by atoms with Crippen LogP contribution in [0.25, 0.3) is 0 Å². The maximum absolute atomic E-state index is 13.0. The van der Waals surface area contributed by atoms with Crippen molar-refractivity contribution in [3.05, 3.63) is 24.3 Å². The number of hydrogen-bond donors (Lipinski definition) is 1. The van der Waals surface area contributed by atoms with Crippen LogP contribution in [0, 0.1) is 5.92 Å². The lowest BCUT2D eigenvalue weighted by Crippen LogP contribution is -2.48. The molecule has 172 valence electrons. The molecule has 1 N–H and O–H groups in total. The Kier molecular flexibility index (Phi) is 7.90. The highest BCUT2D eigenvalue weighted by Gasteiger charge is 2.30. The molecule has 0 saturated carbocycles. The van der Waals surface area contributed by atoms with E-state index in [9.17, 15) is 18.0 Å². The van der Waals surface area contributed by atoms with E-state index in [2.05, 4.69) is 17.1 Å². The van der Waals surface area contributed by atoms with Crippen LogP contribution in [0.5, 0.6) is 0 Å². The molecule has 0 radical (unpaired) electrons. The number of nitrogens with zero attached hydrogens (tertiary/aromatic N) is 3. The second-order valence-electron chi connectivity index (χ2n) is 7.82. The summed E-state index contributed by atoms with van der Waals surface area (Å²) in [5.41, 5.74) is 0.464. The van der Waals surface area contributed by atoms with Crippen LogP contribution >= 0.6 is 0 Å². The summed E-state index contributed by atoms with van der Waals surface area (Å²) in [6.07, 6.45) is 0.744. The number of hydrogen-bond acceptors (Lipinski definition) is 6. The maximum Gasteiger partial charge on any atom is 0.409 e. The van der Waals surface area contributed by atoms with Gasteiger partial charge in [0.05, 0.1) is 11.5 Å². The fraction of sp³-hybridized carbons (Fsp3) is 0.619. The van der Waals surface area contributed by atoms with Gasteiger partial charge in [-0.3, -0.25) is 4.79 Å². The van der Waals surface area contributed by atoms with Crippen molar-refractivity contribution in [2.24, 2.45) is 5.92 Å². The second-order valence-corrected chi connectivity index (χ2v) is 9.75. The topological polar surface area (TPSA) is 99.3 Å². The maximum atomic E-state index is 13.0. The molecule has 2 fully saturated rings. The average Bonchev–Trinajstić information content (AvgIpc) is 2.79. The minimum atomic E-state index is -3.60. The first-order valence-electron chi connectivity index (χ1n) is 10.9. The first kappa shape index (κ1) is 23.5. The molecule has 0 spiro atoms. The van der Waals surface area contributed by atoms with Gasteiger partial charge in [0, 0.05) is 50.9 Å². The molecule has 0 unspecified atom stereocenters. The molecule has 1 aromatic rings. The molecule has 2 amide bonds. The molecule has 2 saturated heterocycles. The molecule has 10 heteroatoms. The summed E-state index contributed by atoms with van der Waals surface area (Å²) in [5, 5.41) is 2.85. The van der Waals surface area contributed by atoms with Gasteiger partial charge in [-0.1, -0.05) is 13.0 Å². The van der Waals surface area contributed by atoms with E-state index < -0.39 is 10.0 Å². The molecule has 0 atom stereocenters. The Morgan fingerprint density at radius 3 is 2.35 bits per heavy atom. The summed E-state index contributed by atoms with van der Waals surface area (Å²) >= 11 is 0. The van der Waals surface area contributed by atoms with E-state index in [4.69, 9.17) is 4.74 Å². The molecular weight excluding hydrogens is 420 g/mol. The van der Waals surface area contributed by atoms with Crippen LogP contribution in [0.4, 0.5) is 10.5 Å². The average molecular weight is 453 g/mol. The lowest BCUT2D eigenvalue weighted by molar-refractivity contribution is -0.121. The van der Waals surface area contributed by atoms with Gasteiger partial charge in [0.25, 0.3) is 0 Å². The highest BCUT2D eigenvalue weighted by atomic mass is 32.2. The predicted octanol–water partition coefficient (Wildman–Crippen LogP) is 1.82. The predicted molar refractivity (Wildman–Crippen MR) is 117 cm³/mol. The first-order chi connectivity index (χ1) is 14.8. The van der Waals surface area contributed by atoms with Crippen LogP contribution in [0.1, 0.15) is 26.7 Å².